The zero-order valence-corrected chi connectivity index (χ0v) is 12.0. The summed E-state index contributed by atoms with van der Waals surface area (Å²) in [6.45, 7) is 0. The van der Waals surface area contributed by atoms with Crippen molar-refractivity contribution in [2.75, 3.05) is 0 Å². The summed E-state index contributed by atoms with van der Waals surface area (Å²) in [6.07, 6.45) is 13.9. The normalized spacial score (nSPS) is 24.2. The molecule has 2 aliphatic rings. The Labute approximate surface area is 117 Å². The predicted octanol–water partition coefficient (Wildman–Crippen LogP) is 4.77. The van der Waals surface area contributed by atoms with Gasteiger partial charge in [-0.1, -0.05) is 68.9 Å². The summed E-state index contributed by atoms with van der Waals surface area (Å²) in [7, 11) is 0. The van der Waals surface area contributed by atoms with Gasteiger partial charge in [-0.05, 0) is 31.2 Å². The first-order valence-corrected chi connectivity index (χ1v) is 8.22. The van der Waals surface area contributed by atoms with Crippen LogP contribution in [0.5, 0.6) is 0 Å². The van der Waals surface area contributed by atoms with Crippen LogP contribution in [-0.2, 0) is 5.54 Å². The Morgan fingerprint density at radius 1 is 0.789 bits per heavy atom. The first kappa shape index (κ1) is 13.2. The second-order valence-corrected chi connectivity index (χ2v) is 6.49. The van der Waals surface area contributed by atoms with E-state index in [2.05, 4.69) is 35.6 Å². The molecule has 0 amide bonds. The molecule has 2 saturated carbocycles. The van der Waals surface area contributed by atoms with Gasteiger partial charge in [0.1, 0.15) is 0 Å². The third-order valence-corrected chi connectivity index (χ3v) is 5.12. The lowest BCUT2D eigenvalue weighted by Crippen LogP contribution is -2.49. The van der Waals surface area contributed by atoms with Crippen molar-refractivity contribution in [3.63, 3.8) is 0 Å². The highest BCUT2D eigenvalue weighted by Gasteiger charge is 2.35. The lowest BCUT2D eigenvalue weighted by atomic mass is 9.75. The van der Waals surface area contributed by atoms with Crippen LogP contribution in [0.2, 0.25) is 0 Å². The van der Waals surface area contributed by atoms with E-state index in [0.717, 1.165) is 6.04 Å². The Morgan fingerprint density at radius 2 is 1.42 bits per heavy atom. The average Bonchev–Trinajstić information content (AvgIpc) is 2.50. The van der Waals surface area contributed by atoms with Gasteiger partial charge < -0.3 is 5.32 Å². The minimum atomic E-state index is 0.279. The second kappa shape index (κ2) is 6.09. The molecule has 0 aliphatic heterocycles. The molecule has 1 heteroatoms. The summed E-state index contributed by atoms with van der Waals surface area (Å²) < 4.78 is 0. The third-order valence-electron chi connectivity index (χ3n) is 5.12. The third kappa shape index (κ3) is 3.02. The minimum Gasteiger partial charge on any atom is -0.305 e. The summed E-state index contributed by atoms with van der Waals surface area (Å²) in [4.78, 5) is 0. The van der Waals surface area contributed by atoms with Gasteiger partial charge in [0.05, 0.1) is 0 Å². The molecule has 0 spiro atoms. The fourth-order valence-corrected chi connectivity index (χ4v) is 4.07. The van der Waals surface area contributed by atoms with Crippen LogP contribution in [0.3, 0.4) is 0 Å². The lowest BCUT2D eigenvalue weighted by Gasteiger charge is -2.42. The molecule has 19 heavy (non-hydrogen) atoms. The Hall–Kier alpha value is -0.820. The van der Waals surface area contributed by atoms with Crippen molar-refractivity contribution in [1.29, 1.82) is 0 Å². The Morgan fingerprint density at radius 3 is 2.11 bits per heavy atom. The Bertz CT molecular complexity index is 372. The Balaban J connectivity index is 1.79. The molecule has 1 N–H and O–H groups in total. The Kier molecular flexibility index (Phi) is 4.22. The SMILES string of the molecule is c1ccc(C2(NC3CCCCC3)CCCCC2)cc1. The van der Waals surface area contributed by atoms with Crippen LogP contribution >= 0.6 is 0 Å². The van der Waals surface area contributed by atoms with Crippen LogP contribution < -0.4 is 5.32 Å². The molecule has 1 aromatic carbocycles. The zero-order chi connectivity index (χ0) is 13.0. The molecular formula is C18H27N. The molecule has 0 unspecified atom stereocenters. The lowest BCUT2D eigenvalue weighted by molar-refractivity contribution is 0.187. The van der Waals surface area contributed by atoms with Crippen molar-refractivity contribution in [2.45, 2.75) is 75.8 Å². The molecule has 0 heterocycles. The molecule has 1 aromatic rings. The van der Waals surface area contributed by atoms with E-state index >= 15 is 0 Å². The van der Waals surface area contributed by atoms with Crippen molar-refractivity contribution in [3.05, 3.63) is 35.9 Å². The highest BCUT2D eigenvalue weighted by atomic mass is 15.0. The molecular weight excluding hydrogens is 230 g/mol. The molecule has 0 bridgehead atoms. The number of hydrogen-bond acceptors (Lipinski definition) is 1. The van der Waals surface area contributed by atoms with Gasteiger partial charge in [0.2, 0.25) is 0 Å². The van der Waals surface area contributed by atoms with E-state index in [9.17, 15) is 0 Å². The van der Waals surface area contributed by atoms with Crippen LogP contribution in [-0.4, -0.2) is 6.04 Å². The fraction of sp³-hybridized carbons (Fsp3) is 0.667. The van der Waals surface area contributed by atoms with Gasteiger partial charge in [-0.3, -0.25) is 0 Å². The number of rotatable bonds is 3. The van der Waals surface area contributed by atoms with Gasteiger partial charge in [-0.25, -0.2) is 0 Å². The van der Waals surface area contributed by atoms with E-state index < -0.39 is 0 Å². The summed E-state index contributed by atoms with van der Waals surface area (Å²) >= 11 is 0. The van der Waals surface area contributed by atoms with Crippen molar-refractivity contribution >= 4 is 0 Å². The summed E-state index contributed by atoms with van der Waals surface area (Å²) in [5.74, 6) is 0. The van der Waals surface area contributed by atoms with Crippen molar-refractivity contribution in [2.24, 2.45) is 0 Å². The number of hydrogen-bond donors (Lipinski definition) is 1. The van der Waals surface area contributed by atoms with Crippen LogP contribution in [0, 0.1) is 0 Å². The van der Waals surface area contributed by atoms with Crippen LogP contribution in [0.4, 0.5) is 0 Å². The van der Waals surface area contributed by atoms with E-state index in [0.29, 0.717) is 0 Å². The van der Waals surface area contributed by atoms with Crippen molar-refractivity contribution in [1.82, 2.24) is 5.32 Å². The predicted molar refractivity (Wildman–Crippen MR) is 81.2 cm³/mol. The fourth-order valence-electron chi connectivity index (χ4n) is 4.07. The van der Waals surface area contributed by atoms with E-state index in [-0.39, 0.29) is 5.54 Å². The number of nitrogens with one attached hydrogen (secondary N) is 1. The van der Waals surface area contributed by atoms with Crippen LogP contribution in [0.15, 0.2) is 30.3 Å². The standard InChI is InChI=1S/C18H27N/c1-4-10-16(11-5-1)18(14-8-3-9-15-18)19-17-12-6-2-7-13-17/h1,4-5,10-11,17,19H,2-3,6-9,12-15H2. The monoisotopic (exact) mass is 257 g/mol. The molecule has 0 aromatic heterocycles. The summed E-state index contributed by atoms with van der Waals surface area (Å²) in [6, 6.07) is 12.0. The topological polar surface area (TPSA) is 12.0 Å². The molecule has 0 atom stereocenters. The highest BCUT2D eigenvalue weighted by Crippen LogP contribution is 2.38. The maximum absolute atomic E-state index is 4.09. The van der Waals surface area contributed by atoms with Gasteiger partial charge in [-0.2, -0.15) is 0 Å². The molecule has 1 nitrogen and oxygen atoms in total. The first-order valence-electron chi connectivity index (χ1n) is 8.22. The average molecular weight is 257 g/mol. The maximum Gasteiger partial charge on any atom is 0.0436 e. The largest absolute Gasteiger partial charge is 0.305 e. The van der Waals surface area contributed by atoms with Gasteiger partial charge in [-0.15, -0.1) is 0 Å². The van der Waals surface area contributed by atoms with Crippen molar-refractivity contribution in [3.8, 4) is 0 Å². The molecule has 0 saturated heterocycles. The summed E-state index contributed by atoms with van der Waals surface area (Å²) in [5.41, 5.74) is 1.81. The second-order valence-electron chi connectivity index (χ2n) is 6.49. The first-order chi connectivity index (χ1) is 9.39. The smallest absolute Gasteiger partial charge is 0.0436 e. The van der Waals surface area contributed by atoms with E-state index in [1.54, 1.807) is 0 Å². The van der Waals surface area contributed by atoms with Gasteiger partial charge in [0, 0.05) is 11.6 Å². The van der Waals surface area contributed by atoms with Gasteiger partial charge in [0.15, 0.2) is 0 Å². The highest BCUT2D eigenvalue weighted by molar-refractivity contribution is 5.25. The van der Waals surface area contributed by atoms with E-state index in [1.165, 1.54) is 69.8 Å². The van der Waals surface area contributed by atoms with Gasteiger partial charge in [0.25, 0.3) is 0 Å². The van der Waals surface area contributed by atoms with Crippen molar-refractivity contribution < 1.29 is 0 Å². The van der Waals surface area contributed by atoms with Crippen LogP contribution in [0.25, 0.3) is 0 Å². The maximum atomic E-state index is 4.09. The molecule has 0 radical (unpaired) electrons. The molecule has 3 rings (SSSR count). The van der Waals surface area contributed by atoms with E-state index in [1.807, 2.05) is 0 Å². The molecule has 2 fully saturated rings. The molecule has 2 aliphatic carbocycles. The van der Waals surface area contributed by atoms with Gasteiger partial charge >= 0.3 is 0 Å². The molecule has 104 valence electrons. The quantitative estimate of drug-likeness (QED) is 0.822. The van der Waals surface area contributed by atoms with Crippen LogP contribution in [0.1, 0.15) is 69.8 Å². The minimum absolute atomic E-state index is 0.279. The van der Waals surface area contributed by atoms with E-state index in [4.69, 9.17) is 0 Å². The summed E-state index contributed by atoms with van der Waals surface area (Å²) in [5, 5.41) is 4.09. The number of benzene rings is 1. The zero-order valence-electron chi connectivity index (χ0n) is 12.0.